The van der Waals surface area contributed by atoms with Crippen molar-refractivity contribution in [1.82, 2.24) is 0 Å². The van der Waals surface area contributed by atoms with E-state index in [-0.39, 0.29) is 0 Å². The molecule has 0 amide bonds. The van der Waals surface area contributed by atoms with Crippen LogP contribution in [0.4, 0.5) is 57.1 Å². The Balaban J connectivity index is 3.52. The van der Waals surface area contributed by atoms with Gasteiger partial charge in [-0.15, -0.1) is 0 Å². The molecule has 1 nitrogen and oxygen atoms in total. The smallest absolute Gasteiger partial charge is 0.382 e. The molecular formula is C13H6ClF13O. The number of hydrogen-bond donors (Lipinski definition) is 1. The number of aliphatic hydroxyl groups excluding tert-OH is 1. The number of halogens is 14. The van der Waals surface area contributed by atoms with Crippen molar-refractivity contribution in [3.8, 4) is 0 Å². The fourth-order valence-corrected chi connectivity index (χ4v) is 2.04. The molecular weight excluding hydrogens is 455 g/mol. The van der Waals surface area contributed by atoms with Gasteiger partial charge in [0.25, 0.3) is 0 Å². The minimum atomic E-state index is -8.01. The molecule has 0 aromatic heterocycles. The summed E-state index contributed by atoms with van der Waals surface area (Å²) in [6.07, 6.45) is -11.5. The Hall–Kier alpha value is -1.44. The van der Waals surface area contributed by atoms with Crippen LogP contribution in [0.2, 0.25) is 5.02 Å². The Kier molecular flexibility index (Phi) is 5.99. The molecule has 0 fully saturated rings. The van der Waals surface area contributed by atoms with Crippen molar-refractivity contribution in [1.29, 1.82) is 0 Å². The molecule has 0 radical (unpaired) electrons. The summed E-state index contributed by atoms with van der Waals surface area (Å²) in [5, 5.41) is 8.71. The van der Waals surface area contributed by atoms with Gasteiger partial charge in [0.15, 0.2) is 0 Å². The number of rotatable bonds is 6. The second-order valence-corrected chi connectivity index (χ2v) is 5.81. The minimum absolute atomic E-state index is 0.316. The molecule has 0 heterocycles. The summed E-state index contributed by atoms with van der Waals surface area (Å²) in [7, 11) is 0. The highest BCUT2D eigenvalue weighted by atomic mass is 35.5. The number of alkyl halides is 13. The highest BCUT2D eigenvalue weighted by Crippen LogP contribution is 2.61. The Labute approximate surface area is 151 Å². The molecule has 0 bridgehead atoms. The summed E-state index contributed by atoms with van der Waals surface area (Å²) in [5.74, 6) is -38.0. The molecule has 0 aliphatic carbocycles. The van der Waals surface area contributed by atoms with E-state index in [1.54, 1.807) is 0 Å². The van der Waals surface area contributed by atoms with Crippen molar-refractivity contribution in [2.75, 3.05) is 0 Å². The molecule has 162 valence electrons. The van der Waals surface area contributed by atoms with Crippen LogP contribution >= 0.6 is 11.6 Å². The quantitative estimate of drug-likeness (QED) is 0.508. The van der Waals surface area contributed by atoms with Crippen LogP contribution in [-0.4, -0.2) is 40.9 Å². The maximum atomic E-state index is 13.7. The molecule has 0 saturated carbocycles. The third-order valence-electron chi connectivity index (χ3n) is 3.47. The Morgan fingerprint density at radius 1 is 0.679 bits per heavy atom. The van der Waals surface area contributed by atoms with Crippen LogP contribution in [0.15, 0.2) is 24.3 Å². The number of hydrogen-bond acceptors (Lipinski definition) is 1. The minimum Gasteiger partial charge on any atom is -0.382 e. The van der Waals surface area contributed by atoms with E-state index >= 15 is 0 Å². The first-order valence-electron chi connectivity index (χ1n) is 6.55. The van der Waals surface area contributed by atoms with Crippen molar-refractivity contribution >= 4 is 11.6 Å². The first-order chi connectivity index (χ1) is 12.2. The monoisotopic (exact) mass is 460 g/mol. The van der Waals surface area contributed by atoms with E-state index in [0.29, 0.717) is 12.1 Å². The van der Waals surface area contributed by atoms with Crippen molar-refractivity contribution in [3.05, 3.63) is 34.9 Å². The largest absolute Gasteiger partial charge is 0.460 e. The van der Waals surface area contributed by atoms with Gasteiger partial charge in [-0.05, 0) is 17.7 Å². The van der Waals surface area contributed by atoms with E-state index in [4.69, 9.17) is 11.6 Å². The summed E-state index contributed by atoms with van der Waals surface area (Å²) in [4.78, 5) is 0. The lowest BCUT2D eigenvalue weighted by molar-refractivity contribution is -0.444. The third kappa shape index (κ3) is 3.37. The molecule has 28 heavy (non-hydrogen) atoms. The first kappa shape index (κ1) is 24.6. The van der Waals surface area contributed by atoms with Crippen LogP contribution in [0.25, 0.3) is 0 Å². The Morgan fingerprint density at radius 2 is 1.11 bits per heavy atom. The predicted octanol–water partition coefficient (Wildman–Crippen LogP) is 6.11. The highest BCUT2D eigenvalue weighted by molar-refractivity contribution is 6.30. The second kappa shape index (κ2) is 6.82. The molecule has 15 heteroatoms. The lowest BCUT2D eigenvalue weighted by Gasteiger charge is -2.40. The van der Waals surface area contributed by atoms with Gasteiger partial charge in [-0.2, -0.15) is 57.1 Å². The summed E-state index contributed by atoms with van der Waals surface area (Å²) in [5.41, 5.74) is -1.33. The topological polar surface area (TPSA) is 20.2 Å². The Bertz CT molecular complexity index is 713. The van der Waals surface area contributed by atoms with Gasteiger partial charge < -0.3 is 5.11 Å². The highest BCUT2D eigenvalue weighted by Gasteiger charge is 2.91. The fourth-order valence-electron chi connectivity index (χ4n) is 1.84. The lowest BCUT2D eigenvalue weighted by Crippen LogP contribution is -2.70. The van der Waals surface area contributed by atoms with E-state index in [9.17, 15) is 62.2 Å². The van der Waals surface area contributed by atoms with Crippen LogP contribution in [-0.2, 0) is 0 Å². The average molecular weight is 461 g/mol. The van der Waals surface area contributed by atoms with Gasteiger partial charge in [0.05, 0.1) is 0 Å². The standard InChI is InChI=1S/C13H6ClF13O/c14-6-3-1-2-5(4-6)7(28)8(15,16)9(17,18)10(19,20)11(21,22)12(23,24)13(25,26)27/h1-4,7,28H. The molecule has 0 aliphatic heterocycles. The van der Waals surface area contributed by atoms with Gasteiger partial charge in [0, 0.05) is 5.02 Å². The maximum absolute atomic E-state index is 13.7. The van der Waals surface area contributed by atoms with Gasteiger partial charge in [0.1, 0.15) is 6.10 Å². The summed E-state index contributed by atoms with van der Waals surface area (Å²) >= 11 is 5.29. The third-order valence-corrected chi connectivity index (χ3v) is 3.70. The summed E-state index contributed by atoms with van der Waals surface area (Å²) in [6, 6.07) is 2.39. The zero-order valence-corrected chi connectivity index (χ0v) is 13.4. The van der Waals surface area contributed by atoms with Gasteiger partial charge in [0.2, 0.25) is 0 Å². The molecule has 1 unspecified atom stereocenters. The SMILES string of the molecule is OC(c1cccc(Cl)c1)C(F)(F)C(F)(F)C(F)(F)C(F)(F)C(F)(F)C(F)(F)F. The molecule has 1 aromatic rings. The second-order valence-electron chi connectivity index (χ2n) is 5.38. The fraction of sp³-hybridized carbons (Fsp3) is 0.538. The number of aliphatic hydroxyl groups is 1. The van der Waals surface area contributed by atoms with Crippen LogP contribution in [0.3, 0.4) is 0 Å². The first-order valence-corrected chi connectivity index (χ1v) is 6.93. The summed E-state index contributed by atoms with van der Waals surface area (Å²) in [6.45, 7) is 0. The van der Waals surface area contributed by atoms with E-state index in [2.05, 4.69) is 0 Å². The van der Waals surface area contributed by atoms with E-state index in [1.807, 2.05) is 0 Å². The molecule has 0 saturated heterocycles. The van der Waals surface area contributed by atoms with Crippen LogP contribution in [0.5, 0.6) is 0 Å². The van der Waals surface area contributed by atoms with Gasteiger partial charge in [-0.3, -0.25) is 0 Å². The molecule has 1 aromatic carbocycles. The van der Waals surface area contributed by atoms with Gasteiger partial charge >= 0.3 is 35.8 Å². The van der Waals surface area contributed by atoms with Gasteiger partial charge in [-0.1, -0.05) is 23.7 Å². The van der Waals surface area contributed by atoms with Crippen molar-refractivity contribution in [2.24, 2.45) is 0 Å². The molecule has 1 N–H and O–H groups in total. The number of benzene rings is 1. The average Bonchev–Trinajstić information content (AvgIpc) is 2.52. The van der Waals surface area contributed by atoms with E-state index in [1.165, 1.54) is 0 Å². The normalized spacial score (nSPS) is 16.2. The van der Waals surface area contributed by atoms with Crippen LogP contribution < -0.4 is 0 Å². The van der Waals surface area contributed by atoms with Crippen molar-refractivity contribution in [3.63, 3.8) is 0 Å². The van der Waals surface area contributed by atoms with Crippen molar-refractivity contribution in [2.45, 2.75) is 41.9 Å². The van der Waals surface area contributed by atoms with Crippen molar-refractivity contribution < 1.29 is 62.2 Å². The zero-order valence-electron chi connectivity index (χ0n) is 12.6. The lowest BCUT2D eigenvalue weighted by atomic mass is 9.89. The molecule has 1 rings (SSSR count). The molecule has 0 aliphatic rings. The maximum Gasteiger partial charge on any atom is 0.460 e. The predicted molar refractivity (Wildman–Crippen MR) is 67.2 cm³/mol. The molecule has 1 atom stereocenters. The molecule has 0 spiro atoms. The van der Waals surface area contributed by atoms with E-state index in [0.717, 1.165) is 12.1 Å². The summed E-state index contributed by atoms with van der Waals surface area (Å²) < 4.78 is 169. The Morgan fingerprint density at radius 3 is 1.50 bits per heavy atom. The van der Waals surface area contributed by atoms with Crippen LogP contribution in [0.1, 0.15) is 11.7 Å². The van der Waals surface area contributed by atoms with E-state index < -0.39 is 52.5 Å². The van der Waals surface area contributed by atoms with Crippen LogP contribution in [0, 0.1) is 0 Å². The van der Waals surface area contributed by atoms with Gasteiger partial charge in [-0.25, -0.2) is 0 Å². The zero-order chi connectivity index (χ0) is 22.6.